The van der Waals surface area contributed by atoms with Gasteiger partial charge in [0.05, 0.1) is 4.87 Å². The number of hydrogen-bond acceptors (Lipinski definition) is 2. The average molecular weight is 378 g/mol. The average Bonchev–Trinajstić information content (AvgIpc) is 2.45. The zero-order valence-corrected chi connectivity index (χ0v) is 18.6. The lowest BCUT2D eigenvalue weighted by atomic mass is 9.92. The Morgan fingerprint density at radius 3 is 2.15 bits per heavy atom. The summed E-state index contributed by atoms with van der Waals surface area (Å²) in [6, 6.07) is 4.21. The molecule has 0 aliphatic heterocycles. The third-order valence-electron chi connectivity index (χ3n) is 4.00. The first-order chi connectivity index (χ1) is 11.9. The number of hydrogen-bond donors (Lipinski definition) is 1. The molecule has 0 unspecified atom stereocenters. The summed E-state index contributed by atoms with van der Waals surface area (Å²) in [5.41, 5.74) is 5.05. The number of aryl methyl sites for hydroxylation is 2. The Kier molecular flexibility index (Phi) is 8.27. The Morgan fingerprint density at radius 1 is 1.12 bits per heavy atom. The second kappa shape index (κ2) is 9.50. The standard InChI is InChI=1S/C23H36ClNO/c1-9-10-19(15-23(7,8)24)16-26-20-13-17(2)21(18(3)14-20)25-12-11-22(4,5)6/h9-10,13-15,25H,11-12,16H2,1-8H3/b10-9-,19-15+. The normalized spacial score (nSPS) is 13.3. The Balaban J connectivity index is 2.82. The zero-order valence-electron chi connectivity index (χ0n) is 17.8. The van der Waals surface area contributed by atoms with Gasteiger partial charge in [-0.1, -0.05) is 39.0 Å². The van der Waals surface area contributed by atoms with Crippen LogP contribution in [0, 0.1) is 19.3 Å². The van der Waals surface area contributed by atoms with Crippen LogP contribution in [0.2, 0.25) is 0 Å². The van der Waals surface area contributed by atoms with Crippen molar-refractivity contribution in [1.82, 2.24) is 0 Å². The third-order valence-corrected chi connectivity index (χ3v) is 4.11. The summed E-state index contributed by atoms with van der Waals surface area (Å²) in [6.07, 6.45) is 7.23. The largest absolute Gasteiger partial charge is 0.489 e. The Labute approximate surface area is 165 Å². The van der Waals surface area contributed by atoms with E-state index in [1.807, 2.05) is 39.0 Å². The van der Waals surface area contributed by atoms with Crippen molar-refractivity contribution in [1.29, 1.82) is 0 Å². The summed E-state index contributed by atoms with van der Waals surface area (Å²) in [7, 11) is 0. The lowest BCUT2D eigenvalue weighted by molar-refractivity contribution is 0.354. The summed E-state index contributed by atoms with van der Waals surface area (Å²) in [6.45, 7) is 18.5. The van der Waals surface area contributed by atoms with Crippen LogP contribution in [0.25, 0.3) is 0 Å². The number of alkyl halides is 1. The molecule has 26 heavy (non-hydrogen) atoms. The van der Waals surface area contributed by atoms with Gasteiger partial charge in [-0.05, 0) is 75.3 Å². The number of rotatable bonds is 8. The predicted molar refractivity (Wildman–Crippen MR) is 117 cm³/mol. The highest BCUT2D eigenvalue weighted by Gasteiger charge is 2.12. The minimum atomic E-state index is -0.384. The smallest absolute Gasteiger partial charge is 0.120 e. The quantitative estimate of drug-likeness (QED) is 0.387. The highest BCUT2D eigenvalue weighted by Crippen LogP contribution is 2.28. The van der Waals surface area contributed by atoms with Crippen LogP contribution in [0.15, 0.2) is 35.9 Å². The number of halogens is 1. The van der Waals surface area contributed by atoms with Gasteiger partial charge < -0.3 is 10.1 Å². The van der Waals surface area contributed by atoms with Gasteiger partial charge in [-0.2, -0.15) is 0 Å². The topological polar surface area (TPSA) is 21.3 Å². The molecule has 0 heterocycles. The van der Waals surface area contributed by atoms with E-state index >= 15 is 0 Å². The molecule has 1 N–H and O–H groups in total. The van der Waals surface area contributed by atoms with Crippen LogP contribution in [0.5, 0.6) is 5.75 Å². The molecule has 0 atom stereocenters. The lowest BCUT2D eigenvalue weighted by Crippen LogP contribution is -2.14. The summed E-state index contributed by atoms with van der Waals surface area (Å²) in [5, 5.41) is 3.59. The summed E-state index contributed by atoms with van der Waals surface area (Å²) >= 11 is 6.32. The number of nitrogens with one attached hydrogen (secondary N) is 1. The molecule has 0 saturated heterocycles. The molecule has 0 fully saturated rings. The van der Waals surface area contributed by atoms with Crippen molar-refractivity contribution in [2.24, 2.45) is 5.41 Å². The molecule has 1 aromatic rings. The predicted octanol–water partition coefficient (Wildman–Crippen LogP) is 7.05. The van der Waals surface area contributed by atoms with E-state index in [0.717, 1.165) is 24.3 Å². The summed E-state index contributed by atoms with van der Waals surface area (Å²) in [4.78, 5) is -0.384. The first-order valence-electron chi connectivity index (χ1n) is 9.42. The number of allylic oxidation sites excluding steroid dienone is 2. The molecule has 1 rings (SSSR count). The maximum atomic E-state index is 6.32. The van der Waals surface area contributed by atoms with Crippen LogP contribution >= 0.6 is 11.6 Å². The van der Waals surface area contributed by atoms with Crippen molar-refractivity contribution in [2.45, 2.75) is 66.7 Å². The molecule has 146 valence electrons. The molecule has 2 nitrogen and oxygen atoms in total. The van der Waals surface area contributed by atoms with Crippen molar-refractivity contribution in [3.05, 3.63) is 47.1 Å². The highest BCUT2D eigenvalue weighted by atomic mass is 35.5. The van der Waals surface area contributed by atoms with Gasteiger partial charge in [0.1, 0.15) is 12.4 Å². The van der Waals surface area contributed by atoms with Crippen molar-refractivity contribution < 1.29 is 4.74 Å². The van der Waals surface area contributed by atoms with E-state index in [2.05, 4.69) is 52.1 Å². The molecular formula is C23H36ClNO. The first kappa shape index (κ1) is 22.6. The number of benzene rings is 1. The second-order valence-corrected chi connectivity index (χ2v) is 9.72. The van der Waals surface area contributed by atoms with E-state index in [1.165, 1.54) is 16.8 Å². The molecule has 0 aliphatic rings. The van der Waals surface area contributed by atoms with Crippen molar-refractivity contribution in [3.63, 3.8) is 0 Å². The fourth-order valence-electron chi connectivity index (χ4n) is 2.81. The summed E-state index contributed by atoms with van der Waals surface area (Å²) in [5.74, 6) is 0.893. The SMILES string of the molecule is C/C=C\C(=C/C(C)(C)Cl)COc1cc(C)c(NCCC(C)(C)C)c(C)c1. The van der Waals surface area contributed by atoms with Gasteiger partial charge in [-0.25, -0.2) is 0 Å². The van der Waals surface area contributed by atoms with Crippen molar-refractivity contribution in [2.75, 3.05) is 18.5 Å². The Morgan fingerprint density at radius 2 is 1.69 bits per heavy atom. The van der Waals surface area contributed by atoms with Crippen LogP contribution in [0.4, 0.5) is 5.69 Å². The summed E-state index contributed by atoms with van der Waals surface area (Å²) < 4.78 is 6.04. The third kappa shape index (κ3) is 8.80. The van der Waals surface area contributed by atoms with Gasteiger partial charge in [0.2, 0.25) is 0 Å². The van der Waals surface area contributed by atoms with Gasteiger partial charge in [0, 0.05) is 12.2 Å². The van der Waals surface area contributed by atoms with E-state index < -0.39 is 0 Å². The molecule has 0 saturated carbocycles. The molecular weight excluding hydrogens is 342 g/mol. The van der Waals surface area contributed by atoms with E-state index in [9.17, 15) is 0 Å². The highest BCUT2D eigenvalue weighted by molar-refractivity contribution is 6.24. The molecule has 0 radical (unpaired) electrons. The van der Waals surface area contributed by atoms with Crippen LogP contribution in [-0.4, -0.2) is 18.0 Å². The van der Waals surface area contributed by atoms with Crippen molar-refractivity contribution in [3.8, 4) is 5.75 Å². The van der Waals surface area contributed by atoms with Gasteiger partial charge in [-0.15, -0.1) is 11.6 Å². The molecule has 0 bridgehead atoms. The van der Waals surface area contributed by atoms with E-state index in [-0.39, 0.29) is 4.87 Å². The fourth-order valence-corrected chi connectivity index (χ4v) is 2.95. The molecule has 3 heteroatoms. The molecule has 0 spiro atoms. The van der Waals surface area contributed by atoms with Gasteiger partial charge in [-0.3, -0.25) is 0 Å². The van der Waals surface area contributed by atoms with Gasteiger partial charge >= 0.3 is 0 Å². The first-order valence-corrected chi connectivity index (χ1v) is 9.80. The fraction of sp³-hybridized carbons (Fsp3) is 0.565. The van der Waals surface area contributed by atoms with Crippen molar-refractivity contribution >= 4 is 17.3 Å². The monoisotopic (exact) mass is 377 g/mol. The van der Waals surface area contributed by atoms with Gasteiger partial charge in [0.25, 0.3) is 0 Å². The van der Waals surface area contributed by atoms with E-state index in [1.54, 1.807) is 0 Å². The molecule has 0 aromatic heterocycles. The van der Waals surface area contributed by atoms with Crippen LogP contribution in [-0.2, 0) is 0 Å². The number of ether oxygens (including phenoxy) is 1. The minimum absolute atomic E-state index is 0.337. The molecule has 0 amide bonds. The van der Waals surface area contributed by atoms with E-state index in [4.69, 9.17) is 16.3 Å². The second-order valence-electron chi connectivity index (χ2n) is 8.74. The van der Waals surface area contributed by atoms with Crippen LogP contribution in [0.3, 0.4) is 0 Å². The Hall–Kier alpha value is -1.41. The Bertz CT molecular complexity index is 622. The number of anilines is 1. The maximum absolute atomic E-state index is 6.32. The lowest BCUT2D eigenvalue weighted by Gasteiger charge is -2.21. The van der Waals surface area contributed by atoms with Gasteiger partial charge in [0.15, 0.2) is 0 Å². The van der Waals surface area contributed by atoms with E-state index in [0.29, 0.717) is 12.0 Å². The minimum Gasteiger partial charge on any atom is -0.489 e. The molecule has 0 aliphatic carbocycles. The van der Waals surface area contributed by atoms with Crippen LogP contribution in [0.1, 0.15) is 59.1 Å². The maximum Gasteiger partial charge on any atom is 0.120 e. The molecule has 1 aromatic carbocycles. The zero-order chi connectivity index (χ0) is 20.0. The van der Waals surface area contributed by atoms with Crippen LogP contribution < -0.4 is 10.1 Å².